The number of carbonyl (C=O) groups excluding carboxylic acids is 1. The molecular weight excluding hydrogens is 277 g/mol. The highest BCUT2D eigenvalue weighted by molar-refractivity contribution is 7.86. The van der Waals surface area contributed by atoms with Crippen molar-refractivity contribution in [3.8, 4) is 0 Å². The molecule has 18 heavy (non-hydrogen) atoms. The van der Waals surface area contributed by atoms with Gasteiger partial charge in [0.25, 0.3) is 0 Å². The molecular formula is C11H12FNO3S2. The van der Waals surface area contributed by atoms with Crippen LogP contribution in [0.5, 0.6) is 0 Å². The van der Waals surface area contributed by atoms with Crippen molar-refractivity contribution in [2.45, 2.75) is 11.3 Å². The van der Waals surface area contributed by atoms with E-state index in [4.69, 9.17) is 0 Å². The Morgan fingerprint density at radius 2 is 1.94 bits per heavy atom. The fourth-order valence-corrected chi connectivity index (χ4v) is 2.99. The summed E-state index contributed by atoms with van der Waals surface area (Å²) in [6, 6.07) is 6.94. The molecule has 0 aromatic heterocycles. The Labute approximate surface area is 110 Å². The minimum Gasteiger partial charge on any atom is -0.312 e. The number of amides is 1. The Morgan fingerprint density at radius 1 is 1.33 bits per heavy atom. The number of hydrogen-bond donors (Lipinski definition) is 1. The van der Waals surface area contributed by atoms with Gasteiger partial charge in [-0.15, -0.1) is 16.5 Å². The zero-order chi connectivity index (χ0) is 13.3. The molecule has 7 heteroatoms. The maximum absolute atomic E-state index is 12.6. The summed E-state index contributed by atoms with van der Waals surface area (Å²) in [4.78, 5) is 14.0. The Hall–Kier alpha value is -1.08. The van der Waals surface area contributed by atoms with Crippen molar-refractivity contribution in [1.82, 2.24) is 0 Å². The van der Waals surface area contributed by atoms with E-state index in [0.717, 1.165) is 4.90 Å². The van der Waals surface area contributed by atoms with Crippen molar-refractivity contribution in [1.29, 1.82) is 0 Å². The molecule has 0 aliphatic carbocycles. The van der Waals surface area contributed by atoms with E-state index >= 15 is 0 Å². The molecule has 1 aliphatic rings. The summed E-state index contributed by atoms with van der Waals surface area (Å²) in [6.45, 7) is 0.230. The molecule has 1 unspecified atom stereocenters. The number of carbonyl (C=O) groups is 1. The fourth-order valence-electron chi connectivity index (χ4n) is 2.06. The summed E-state index contributed by atoms with van der Waals surface area (Å²) in [5.41, 5.74) is 0.677. The first-order chi connectivity index (χ1) is 8.35. The highest BCUT2D eigenvalue weighted by Gasteiger charge is 2.33. The van der Waals surface area contributed by atoms with Crippen LogP contribution in [0.15, 0.2) is 29.2 Å². The van der Waals surface area contributed by atoms with Crippen LogP contribution < -0.4 is 4.90 Å². The lowest BCUT2D eigenvalue weighted by atomic mass is 10.1. The summed E-state index contributed by atoms with van der Waals surface area (Å²) in [7, 11) is -4.53. The van der Waals surface area contributed by atoms with Gasteiger partial charge in [0, 0.05) is 29.5 Å². The molecule has 98 valence electrons. The highest BCUT2D eigenvalue weighted by Crippen LogP contribution is 2.26. The molecule has 1 aromatic carbocycles. The first-order valence-corrected chi connectivity index (χ1v) is 7.37. The summed E-state index contributed by atoms with van der Waals surface area (Å²) < 4.78 is 33.7. The van der Waals surface area contributed by atoms with E-state index in [0.29, 0.717) is 5.69 Å². The van der Waals surface area contributed by atoms with Gasteiger partial charge in [0.05, 0.1) is 5.75 Å². The van der Waals surface area contributed by atoms with Crippen molar-refractivity contribution in [2.75, 3.05) is 17.2 Å². The van der Waals surface area contributed by atoms with E-state index in [1.54, 1.807) is 24.3 Å². The van der Waals surface area contributed by atoms with Gasteiger partial charge < -0.3 is 4.90 Å². The lowest BCUT2D eigenvalue weighted by Crippen LogP contribution is -2.25. The number of rotatable bonds is 3. The van der Waals surface area contributed by atoms with E-state index in [-0.39, 0.29) is 18.9 Å². The van der Waals surface area contributed by atoms with Gasteiger partial charge in [0.2, 0.25) is 5.91 Å². The van der Waals surface area contributed by atoms with Gasteiger partial charge >= 0.3 is 10.2 Å². The number of nitrogens with zero attached hydrogens (tertiary/aromatic N) is 1. The average Bonchev–Trinajstić information content (AvgIpc) is 2.58. The van der Waals surface area contributed by atoms with E-state index in [1.807, 2.05) is 0 Å². The lowest BCUT2D eigenvalue weighted by molar-refractivity contribution is -0.117. The molecule has 1 aromatic rings. The normalized spacial score (nSPS) is 20.4. The Bertz CT molecular complexity index is 556. The topological polar surface area (TPSA) is 54.5 Å². The largest absolute Gasteiger partial charge is 0.312 e. The molecule has 0 bridgehead atoms. The summed E-state index contributed by atoms with van der Waals surface area (Å²) in [5, 5.41) is 0. The van der Waals surface area contributed by atoms with Gasteiger partial charge in [-0.2, -0.15) is 8.42 Å². The maximum atomic E-state index is 12.6. The minimum atomic E-state index is -4.53. The third-order valence-electron chi connectivity index (χ3n) is 2.80. The summed E-state index contributed by atoms with van der Waals surface area (Å²) >= 11 is 4.14. The maximum Gasteiger partial charge on any atom is 0.302 e. The molecule has 1 fully saturated rings. The smallest absolute Gasteiger partial charge is 0.302 e. The summed E-state index contributed by atoms with van der Waals surface area (Å²) in [5.74, 6) is -1.27. The number of thiol groups is 1. The van der Waals surface area contributed by atoms with E-state index in [1.165, 1.54) is 4.90 Å². The summed E-state index contributed by atoms with van der Waals surface area (Å²) in [6.07, 6.45) is 0.0613. The highest BCUT2D eigenvalue weighted by atomic mass is 32.3. The van der Waals surface area contributed by atoms with Crippen molar-refractivity contribution in [3.05, 3.63) is 24.3 Å². The standard InChI is InChI=1S/C11H12FNO3S2/c12-18(15,16)7-8-5-11(14)13(6-8)9-1-3-10(17)4-2-9/h1-4,8,17H,5-7H2. The molecule has 1 saturated heterocycles. The predicted molar refractivity (Wildman–Crippen MR) is 69.0 cm³/mol. The molecule has 4 nitrogen and oxygen atoms in total. The predicted octanol–water partition coefficient (Wildman–Crippen LogP) is 1.63. The number of hydrogen-bond acceptors (Lipinski definition) is 4. The average molecular weight is 289 g/mol. The van der Waals surface area contributed by atoms with Crippen molar-refractivity contribution >= 4 is 34.4 Å². The molecule has 0 radical (unpaired) electrons. The number of benzene rings is 1. The monoisotopic (exact) mass is 289 g/mol. The molecule has 2 rings (SSSR count). The van der Waals surface area contributed by atoms with Crippen LogP contribution in [0.3, 0.4) is 0 Å². The van der Waals surface area contributed by atoms with Crippen LogP contribution in [-0.2, 0) is 15.0 Å². The number of anilines is 1. The van der Waals surface area contributed by atoms with Crippen molar-refractivity contribution in [3.63, 3.8) is 0 Å². The van der Waals surface area contributed by atoms with Crippen LogP contribution in [0.4, 0.5) is 9.57 Å². The molecule has 1 heterocycles. The van der Waals surface area contributed by atoms with Crippen LogP contribution >= 0.6 is 12.6 Å². The van der Waals surface area contributed by atoms with Crippen LogP contribution in [0, 0.1) is 5.92 Å². The minimum absolute atomic E-state index is 0.0613. The third kappa shape index (κ3) is 3.23. The van der Waals surface area contributed by atoms with Crippen LogP contribution in [0.25, 0.3) is 0 Å². The first kappa shape index (κ1) is 13.4. The van der Waals surface area contributed by atoms with E-state index in [9.17, 15) is 17.1 Å². The first-order valence-electron chi connectivity index (χ1n) is 5.37. The Balaban J connectivity index is 2.12. The van der Waals surface area contributed by atoms with Gasteiger partial charge in [0.15, 0.2) is 0 Å². The van der Waals surface area contributed by atoms with E-state index < -0.39 is 21.9 Å². The van der Waals surface area contributed by atoms with Crippen LogP contribution in [0.1, 0.15) is 6.42 Å². The van der Waals surface area contributed by atoms with Crippen molar-refractivity contribution in [2.24, 2.45) is 5.92 Å². The second-order valence-corrected chi connectivity index (χ2v) is 6.22. The quantitative estimate of drug-likeness (QED) is 0.679. The lowest BCUT2D eigenvalue weighted by Gasteiger charge is -2.16. The molecule has 1 amide bonds. The second kappa shape index (κ2) is 4.89. The fraction of sp³-hybridized carbons (Fsp3) is 0.364. The third-order valence-corrected chi connectivity index (χ3v) is 3.97. The Morgan fingerprint density at radius 3 is 2.50 bits per heavy atom. The van der Waals surface area contributed by atoms with Crippen LogP contribution in [-0.4, -0.2) is 26.6 Å². The van der Waals surface area contributed by atoms with Gasteiger partial charge in [-0.3, -0.25) is 4.79 Å². The SMILES string of the molecule is O=C1CC(CS(=O)(=O)F)CN1c1ccc(S)cc1. The molecule has 0 spiro atoms. The molecule has 1 atom stereocenters. The van der Waals surface area contributed by atoms with Gasteiger partial charge in [-0.25, -0.2) is 0 Å². The van der Waals surface area contributed by atoms with Crippen LogP contribution in [0.2, 0.25) is 0 Å². The van der Waals surface area contributed by atoms with Crippen molar-refractivity contribution < 1.29 is 17.1 Å². The number of halogens is 1. The van der Waals surface area contributed by atoms with E-state index in [2.05, 4.69) is 12.6 Å². The van der Waals surface area contributed by atoms with Gasteiger partial charge in [0.1, 0.15) is 0 Å². The van der Waals surface area contributed by atoms with Gasteiger partial charge in [-0.05, 0) is 24.3 Å². The Kier molecular flexibility index (Phi) is 3.63. The molecule has 0 saturated carbocycles. The zero-order valence-electron chi connectivity index (χ0n) is 9.41. The molecule has 0 N–H and O–H groups in total. The zero-order valence-corrected chi connectivity index (χ0v) is 11.1. The van der Waals surface area contributed by atoms with Gasteiger partial charge in [-0.1, -0.05) is 0 Å². The second-order valence-electron chi connectivity index (χ2n) is 4.30. The molecule has 1 aliphatic heterocycles.